The quantitative estimate of drug-likeness (QED) is 0.688. The van der Waals surface area contributed by atoms with Gasteiger partial charge in [-0.1, -0.05) is 23.4 Å². The van der Waals surface area contributed by atoms with Gasteiger partial charge in [-0.2, -0.15) is 0 Å². The second-order valence-corrected chi connectivity index (χ2v) is 4.71. The zero-order valence-electron chi connectivity index (χ0n) is 12.5. The zero-order chi connectivity index (χ0) is 16.4. The molecule has 116 valence electrons. The summed E-state index contributed by atoms with van der Waals surface area (Å²) in [7, 11) is 2.49. The second kappa shape index (κ2) is 5.88. The molecule has 0 spiro atoms. The van der Waals surface area contributed by atoms with Crippen LogP contribution in [0.2, 0.25) is 0 Å². The fourth-order valence-corrected chi connectivity index (χ4v) is 2.29. The Morgan fingerprint density at radius 3 is 2.17 bits per heavy atom. The highest BCUT2D eigenvalue weighted by Gasteiger charge is 2.22. The van der Waals surface area contributed by atoms with Crippen LogP contribution in [0.3, 0.4) is 0 Å². The van der Waals surface area contributed by atoms with Crippen LogP contribution in [-0.2, 0) is 9.47 Å². The minimum atomic E-state index is -0.637. The molecule has 23 heavy (non-hydrogen) atoms. The molecule has 3 aromatic rings. The summed E-state index contributed by atoms with van der Waals surface area (Å²) in [5, 5.41) is 8.13. The third-order valence-corrected chi connectivity index (χ3v) is 3.40. The largest absolute Gasteiger partial charge is 0.465 e. The monoisotopic (exact) mass is 311 g/mol. The second-order valence-electron chi connectivity index (χ2n) is 4.71. The van der Waals surface area contributed by atoms with Gasteiger partial charge in [-0.25, -0.2) is 14.3 Å². The van der Waals surface area contributed by atoms with E-state index in [2.05, 4.69) is 10.3 Å². The number of carbonyl (C=O) groups excluding carboxylic acids is 2. The van der Waals surface area contributed by atoms with Crippen molar-refractivity contribution in [2.24, 2.45) is 0 Å². The van der Waals surface area contributed by atoms with Crippen LogP contribution in [0.15, 0.2) is 42.5 Å². The van der Waals surface area contributed by atoms with Crippen molar-refractivity contribution in [3.05, 3.63) is 53.6 Å². The van der Waals surface area contributed by atoms with Crippen molar-refractivity contribution in [3.63, 3.8) is 0 Å². The van der Waals surface area contributed by atoms with Crippen LogP contribution in [0.25, 0.3) is 16.7 Å². The summed E-state index contributed by atoms with van der Waals surface area (Å²) >= 11 is 0. The average Bonchev–Trinajstić information content (AvgIpc) is 3.02. The average molecular weight is 311 g/mol. The van der Waals surface area contributed by atoms with Crippen LogP contribution in [0.5, 0.6) is 0 Å². The Labute approximate surface area is 131 Å². The molecule has 3 rings (SSSR count). The molecule has 7 heteroatoms. The lowest BCUT2D eigenvalue weighted by atomic mass is 10.1. The molecule has 0 saturated carbocycles. The van der Waals surface area contributed by atoms with Crippen molar-refractivity contribution in [2.75, 3.05) is 14.2 Å². The standard InChI is InChI=1S/C16H13N3O4/c1-22-15(20)11-8-13-14(9-12(11)16(21)23-2)19(18-17-13)10-6-4-3-5-7-10/h3-9H,1-2H3. The molecule has 0 bridgehead atoms. The first kappa shape index (κ1) is 14.7. The molecule has 0 aliphatic heterocycles. The van der Waals surface area contributed by atoms with Crippen molar-refractivity contribution in [1.29, 1.82) is 0 Å². The van der Waals surface area contributed by atoms with E-state index in [-0.39, 0.29) is 11.1 Å². The number of benzene rings is 2. The van der Waals surface area contributed by atoms with Gasteiger partial charge in [0, 0.05) is 0 Å². The first-order valence-electron chi connectivity index (χ1n) is 6.77. The van der Waals surface area contributed by atoms with Crippen molar-refractivity contribution < 1.29 is 19.1 Å². The van der Waals surface area contributed by atoms with Crippen molar-refractivity contribution in [3.8, 4) is 5.69 Å². The number of rotatable bonds is 3. The number of esters is 2. The summed E-state index contributed by atoms with van der Waals surface area (Å²) in [5.41, 5.74) is 2.04. The van der Waals surface area contributed by atoms with Gasteiger partial charge in [-0.15, -0.1) is 5.10 Å². The predicted octanol–water partition coefficient (Wildman–Crippen LogP) is 1.99. The molecule has 0 atom stereocenters. The third kappa shape index (κ3) is 2.52. The summed E-state index contributed by atoms with van der Waals surface area (Å²) < 4.78 is 11.0. The maximum atomic E-state index is 12.0. The van der Waals surface area contributed by atoms with Gasteiger partial charge in [0.25, 0.3) is 0 Å². The fourth-order valence-electron chi connectivity index (χ4n) is 2.29. The summed E-state index contributed by atoms with van der Waals surface area (Å²) in [6, 6.07) is 12.3. The van der Waals surface area contributed by atoms with Gasteiger partial charge < -0.3 is 9.47 Å². The third-order valence-electron chi connectivity index (χ3n) is 3.40. The van der Waals surface area contributed by atoms with E-state index < -0.39 is 11.9 Å². The normalized spacial score (nSPS) is 10.5. The molecule has 0 aliphatic rings. The number of hydrogen-bond acceptors (Lipinski definition) is 6. The number of carbonyl (C=O) groups is 2. The molecule has 0 N–H and O–H groups in total. The van der Waals surface area contributed by atoms with Gasteiger partial charge in [0.2, 0.25) is 0 Å². The molecule has 0 radical (unpaired) electrons. The lowest BCUT2D eigenvalue weighted by Crippen LogP contribution is -2.12. The Morgan fingerprint density at radius 2 is 1.57 bits per heavy atom. The van der Waals surface area contributed by atoms with Crippen LogP contribution in [-0.4, -0.2) is 41.2 Å². The van der Waals surface area contributed by atoms with Crippen LogP contribution in [0, 0.1) is 0 Å². The Hall–Kier alpha value is -3.22. The fraction of sp³-hybridized carbons (Fsp3) is 0.125. The van der Waals surface area contributed by atoms with Gasteiger partial charge in [0.15, 0.2) is 0 Å². The van der Waals surface area contributed by atoms with E-state index in [0.717, 1.165) is 5.69 Å². The van der Waals surface area contributed by atoms with E-state index in [1.165, 1.54) is 26.4 Å². The van der Waals surface area contributed by atoms with E-state index in [9.17, 15) is 9.59 Å². The Bertz CT molecular complexity index is 887. The van der Waals surface area contributed by atoms with Crippen LogP contribution in [0.1, 0.15) is 20.7 Å². The van der Waals surface area contributed by atoms with E-state index >= 15 is 0 Å². The summed E-state index contributed by atoms with van der Waals surface area (Å²) in [6.45, 7) is 0. The number of hydrogen-bond donors (Lipinski definition) is 0. The molecule has 1 aromatic heterocycles. The van der Waals surface area contributed by atoms with Crippen molar-refractivity contribution in [1.82, 2.24) is 15.0 Å². The molecule has 0 unspecified atom stereocenters. The minimum absolute atomic E-state index is 0.0898. The first-order valence-corrected chi connectivity index (χ1v) is 6.77. The van der Waals surface area contributed by atoms with Gasteiger partial charge >= 0.3 is 11.9 Å². The predicted molar refractivity (Wildman–Crippen MR) is 81.5 cm³/mol. The molecule has 0 amide bonds. The van der Waals surface area contributed by atoms with Crippen LogP contribution >= 0.6 is 0 Å². The molecule has 0 aliphatic carbocycles. The Morgan fingerprint density at radius 1 is 0.957 bits per heavy atom. The summed E-state index contributed by atoms with van der Waals surface area (Å²) in [5.74, 6) is -1.27. The number of aromatic nitrogens is 3. The topological polar surface area (TPSA) is 83.3 Å². The number of methoxy groups -OCH3 is 2. The maximum Gasteiger partial charge on any atom is 0.338 e. The molecule has 7 nitrogen and oxygen atoms in total. The maximum absolute atomic E-state index is 12.0. The van der Waals surface area contributed by atoms with E-state index in [4.69, 9.17) is 9.47 Å². The van der Waals surface area contributed by atoms with Gasteiger partial charge in [-0.05, 0) is 24.3 Å². The minimum Gasteiger partial charge on any atom is -0.465 e. The number of fused-ring (bicyclic) bond motifs is 1. The van der Waals surface area contributed by atoms with Crippen molar-refractivity contribution in [2.45, 2.75) is 0 Å². The van der Waals surface area contributed by atoms with Gasteiger partial charge in [0.1, 0.15) is 5.52 Å². The molecule has 0 fully saturated rings. The molecule has 1 heterocycles. The SMILES string of the molecule is COC(=O)c1cc2nnn(-c3ccccc3)c2cc1C(=O)OC. The first-order chi connectivity index (χ1) is 11.2. The summed E-state index contributed by atoms with van der Waals surface area (Å²) in [4.78, 5) is 23.9. The molecule has 2 aromatic carbocycles. The molecule has 0 saturated heterocycles. The molecular formula is C16H13N3O4. The highest BCUT2D eigenvalue weighted by molar-refractivity contribution is 6.06. The highest BCUT2D eigenvalue weighted by Crippen LogP contribution is 2.22. The summed E-state index contributed by atoms with van der Waals surface area (Å²) in [6.07, 6.45) is 0. The van der Waals surface area contributed by atoms with Crippen molar-refractivity contribution >= 4 is 23.0 Å². The van der Waals surface area contributed by atoms with E-state index in [0.29, 0.717) is 11.0 Å². The Balaban J connectivity index is 2.26. The Kier molecular flexibility index (Phi) is 3.76. The highest BCUT2D eigenvalue weighted by atomic mass is 16.5. The number of para-hydroxylation sites is 1. The van der Waals surface area contributed by atoms with Gasteiger partial charge in [-0.3, -0.25) is 0 Å². The van der Waals surface area contributed by atoms with E-state index in [1.54, 1.807) is 4.68 Å². The van der Waals surface area contributed by atoms with Gasteiger partial charge in [0.05, 0.1) is 36.6 Å². The van der Waals surface area contributed by atoms with E-state index in [1.807, 2.05) is 30.3 Å². The smallest absolute Gasteiger partial charge is 0.338 e. The number of ether oxygens (including phenoxy) is 2. The van der Waals surface area contributed by atoms with Crippen LogP contribution in [0.4, 0.5) is 0 Å². The van der Waals surface area contributed by atoms with Crippen LogP contribution < -0.4 is 0 Å². The lowest BCUT2D eigenvalue weighted by Gasteiger charge is -2.07. The number of nitrogens with zero attached hydrogens (tertiary/aromatic N) is 3. The molecular weight excluding hydrogens is 298 g/mol. The lowest BCUT2D eigenvalue weighted by molar-refractivity contribution is 0.0555. The zero-order valence-corrected chi connectivity index (χ0v) is 12.5.